The van der Waals surface area contributed by atoms with Crippen molar-refractivity contribution in [2.45, 2.75) is 26.3 Å². The largest absolute Gasteiger partial charge is 0.382 e. The maximum atomic E-state index is 10.7. The standard InChI is InChI=1S/C16H17BrN2O2/c1-11-9-15(19(20)21)7-8-16(11)18-12(2)10-13-3-5-14(17)6-4-13/h3-9,12,18H,10H2,1-2H3. The Kier molecular flexibility index (Phi) is 4.96. The van der Waals surface area contributed by atoms with E-state index in [9.17, 15) is 10.1 Å². The second kappa shape index (κ2) is 6.72. The van der Waals surface area contributed by atoms with Crippen molar-refractivity contribution in [3.63, 3.8) is 0 Å². The molecule has 5 heteroatoms. The van der Waals surface area contributed by atoms with Crippen LogP contribution >= 0.6 is 15.9 Å². The van der Waals surface area contributed by atoms with Gasteiger partial charge in [-0.2, -0.15) is 0 Å². The van der Waals surface area contributed by atoms with Crippen LogP contribution < -0.4 is 5.32 Å². The summed E-state index contributed by atoms with van der Waals surface area (Å²) in [5.41, 5.74) is 3.19. The number of benzene rings is 2. The first-order chi connectivity index (χ1) is 9.95. The molecule has 110 valence electrons. The van der Waals surface area contributed by atoms with E-state index in [1.165, 1.54) is 11.6 Å². The molecule has 0 aliphatic heterocycles. The van der Waals surface area contributed by atoms with Crippen molar-refractivity contribution in [2.24, 2.45) is 0 Å². The summed E-state index contributed by atoms with van der Waals surface area (Å²) < 4.78 is 1.07. The van der Waals surface area contributed by atoms with Gasteiger partial charge in [-0.1, -0.05) is 28.1 Å². The lowest BCUT2D eigenvalue weighted by Crippen LogP contribution is -2.18. The van der Waals surface area contributed by atoms with Crippen LogP contribution in [0.1, 0.15) is 18.1 Å². The lowest BCUT2D eigenvalue weighted by Gasteiger charge is -2.17. The highest BCUT2D eigenvalue weighted by Crippen LogP contribution is 2.22. The van der Waals surface area contributed by atoms with Crippen LogP contribution in [0.2, 0.25) is 0 Å². The topological polar surface area (TPSA) is 55.2 Å². The Morgan fingerprint density at radius 1 is 1.24 bits per heavy atom. The number of aryl methyl sites for hydroxylation is 1. The van der Waals surface area contributed by atoms with E-state index in [0.717, 1.165) is 22.1 Å². The van der Waals surface area contributed by atoms with Gasteiger partial charge in [0.25, 0.3) is 5.69 Å². The molecule has 0 aliphatic rings. The van der Waals surface area contributed by atoms with Crippen molar-refractivity contribution in [1.29, 1.82) is 0 Å². The average molecular weight is 349 g/mol. The highest BCUT2D eigenvalue weighted by Gasteiger charge is 2.10. The fourth-order valence-electron chi connectivity index (χ4n) is 2.21. The van der Waals surface area contributed by atoms with Crippen LogP contribution in [0.15, 0.2) is 46.9 Å². The number of hydrogen-bond acceptors (Lipinski definition) is 3. The summed E-state index contributed by atoms with van der Waals surface area (Å²) in [4.78, 5) is 10.4. The molecule has 21 heavy (non-hydrogen) atoms. The minimum atomic E-state index is -0.373. The Morgan fingerprint density at radius 2 is 1.90 bits per heavy atom. The summed E-state index contributed by atoms with van der Waals surface area (Å²) in [6.07, 6.45) is 0.893. The number of nitro groups is 1. The van der Waals surface area contributed by atoms with Gasteiger partial charge in [-0.05, 0) is 49.6 Å². The predicted octanol–water partition coefficient (Wildman–Crippen LogP) is 4.71. The molecule has 1 unspecified atom stereocenters. The second-order valence-electron chi connectivity index (χ2n) is 5.13. The summed E-state index contributed by atoms with van der Waals surface area (Å²) in [6, 6.07) is 13.4. The monoisotopic (exact) mass is 348 g/mol. The Morgan fingerprint density at radius 3 is 2.48 bits per heavy atom. The number of hydrogen-bond donors (Lipinski definition) is 1. The van der Waals surface area contributed by atoms with Crippen LogP contribution in [0, 0.1) is 17.0 Å². The zero-order valence-corrected chi connectivity index (χ0v) is 13.6. The molecular weight excluding hydrogens is 332 g/mol. The Balaban J connectivity index is 2.04. The van der Waals surface area contributed by atoms with E-state index >= 15 is 0 Å². The van der Waals surface area contributed by atoms with Crippen molar-refractivity contribution < 1.29 is 4.92 Å². The number of rotatable bonds is 5. The van der Waals surface area contributed by atoms with E-state index in [1.807, 2.05) is 19.1 Å². The lowest BCUT2D eigenvalue weighted by molar-refractivity contribution is -0.384. The lowest BCUT2D eigenvalue weighted by atomic mass is 10.1. The molecule has 0 amide bonds. The van der Waals surface area contributed by atoms with Crippen LogP contribution in [-0.4, -0.2) is 11.0 Å². The van der Waals surface area contributed by atoms with E-state index in [4.69, 9.17) is 0 Å². The molecule has 0 radical (unpaired) electrons. The fourth-order valence-corrected chi connectivity index (χ4v) is 2.48. The van der Waals surface area contributed by atoms with Gasteiger partial charge in [-0.15, -0.1) is 0 Å². The SMILES string of the molecule is Cc1cc([N+](=O)[O-])ccc1NC(C)Cc1ccc(Br)cc1. The molecule has 0 saturated carbocycles. The van der Waals surface area contributed by atoms with E-state index < -0.39 is 0 Å². The van der Waals surface area contributed by atoms with Crippen molar-refractivity contribution in [2.75, 3.05) is 5.32 Å². The van der Waals surface area contributed by atoms with E-state index in [1.54, 1.807) is 12.1 Å². The molecule has 0 heterocycles. The normalized spacial score (nSPS) is 12.0. The summed E-state index contributed by atoms with van der Waals surface area (Å²) in [5, 5.41) is 14.1. The Labute approximate surface area is 132 Å². The molecule has 0 spiro atoms. The summed E-state index contributed by atoms with van der Waals surface area (Å²) in [5.74, 6) is 0. The molecule has 0 bridgehead atoms. The Bertz CT molecular complexity index is 641. The van der Waals surface area contributed by atoms with Gasteiger partial charge in [0.05, 0.1) is 4.92 Å². The van der Waals surface area contributed by atoms with Crippen LogP contribution in [0.4, 0.5) is 11.4 Å². The zero-order chi connectivity index (χ0) is 15.4. The number of nitro benzene ring substituents is 1. The molecule has 0 aromatic heterocycles. The van der Waals surface area contributed by atoms with Gasteiger partial charge < -0.3 is 5.32 Å². The van der Waals surface area contributed by atoms with Gasteiger partial charge in [-0.3, -0.25) is 10.1 Å². The fraction of sp³-hybridized carbons (Fsp3) is 0.250. The van der Waals surface area contributed by atoms with Crippen LogP contribution in [-0.2, 0) is 6.42 Å². The summed E-state index contributed by atoms with van der Waals surface area (Å²) >= 11 is 3.42. The number of nitrogens with zero attached hydrogens (tertiary/aromatic N) is 1. The summed E-state index contributed by atoms with van der Waals surface area (Å²) in [7, 11) is 0. The minimum Gasteiger partial charge on any atom is -0.382 e. The van der Waals surface area contributed by atoms with Crippen LogP contribution in [0.3, 0.4) is 0 Å². The van der Waals surface area contributed by atoms with Gasteiger partial charge in [-0.25, -0.2) is 0 Å². The van der Waals surface area contributed by atoms with E-state index in [0.29, 0.717) is 0 Å². The molecule has 0 fully saturated rings. The molecule has 2 aromatic carbocycles. The van der Waals surface area contributed by atoms with E-state index in [-0.39, 0.29) is 16.7 Å². The quantitative estimate of drug-likeness (QED) is 0.628. The highest BCUT2D eigenvalue weighted by atomic mass is 79.9. The number of anilines is 1. The van der Waals surface area contributed by atoms with Crippen molar-refractivity contribution in [1.82, 2.24) is 0 Å². The van der Waals surface area contributed by atoms with Crippen molar-refractivity contribution in [3.05, 3.63) is 68.2 Å². The van der Waals surface area contributed by atoms with Crippen molar-refractivity contribution in [3.8, 4) is 0 Å². The average Bonchev–Trinajstić information content (AvgIpc) is 2.43. The van der Waals surface area contributed by atoms with Gasteiger partial charge in [0, 0.05) is 28.3 Å². The molecule has 1 N–H and O–H groups in total. The minimum absolute atomic E-state index is 0.124. The second-order valence-corrected chi connectivity index (χ2v) is 6.05. The van der Waals surface area contributed by atoms with E-state index in [2.05, 4.69) is 40.3 Å². The number of halogens is 1. The smallest absolute Gasteiger partial charge is 0.269 e. The number of non-ortho nitro benzene ring substituents is 1. The maximum absolute atomic E-state index is 10.7. The first-order valence-corrected chi connectivity index (χ1v) is 7.51. The molecular formula is C16H17BrN2O2. The zero-order valence-electron chi connectivity index (χ0n) is 12.0. The Hall–Kier alpha value is -1.88. The third-order valence-corrected chi connectivity index (χ3v) is 3.81. The molecule has 1 atom stereocenters. The van der Waals surface area contributed by atoms with Gasteiger partial charge in [0.2, 0.25) is 0 Å². The molecule has 0 saturated heterocycles. The molecule has 2 rings (SSSR count). The summed E-state index contributed by atoms with van der Waals surface area (Å²) in [6.45, 7) is 3.98. The third kappa shape index (κ3) is 4.29. The molecule has 2 aromatic rings. The van der Waals surface area contributed by atoms with Gasteiger partial charge in [0.15, 0.2) is 0 Å². The van der Waals surface area contributed by atoms with Crippen molar-refractivity contribution >= 4 is 27.3 Å². The van der Waals surface area contributed by atoms with Gasteiger partial charge >= 0.3 is 0 Å². The highest BCUT2D eigenvalue weighted by molar-refractivity contribution is 9.10. The first kappa shape index (κ1) is 15.5. The molecule has 0 aliphatic carbocycles. The number of nitrogens with one attached hydrogen (secondary N) is 1. The van der Waals surface area contributed by atoms with Crippen LogP contribution in [0.5, 0.6) is 0 Å². The maximum Gasteiger partial charge on any atom is 0.269 e. The third-order valence-electron chi connectivity index (χ3n) is 3.28. The van der Waals surface area contributed by atoms with Gasteiger partial charge in [0.1, 0.15) is 0 Å². The van der Waals surface area contributed by atoms with Crippen LogP contribution in [0.25, 0.3) is 0 Å². The molecule has 4 nitrogen and oxygen atoms in total. The predicted molar refractivity (Wildman–Crippen MR) is 88.8 cm³/mol. The first-order valence-electron chi connectivity index (χ1n) is 6.71.